The molecule has 0 aliphatic rings. The summed E-state index contributed by atoms with van der Waals surface area (Å²) in [5.74, 6) is 1.83. The fraction of sp³-hybridized carbons (Fsp3) is 0.111. The van der Waals surface area contributed by atoms with Crippen molar-refractivity contribution in [1.29, 1.82) is 0 Å². The van der Waals surface area contributed by atoms with Gasteiger partial charge in [0.25, 0.3) is 0 Å². The van der Waals surface area contributed by atoms with Crippen molar-refractivity contribution in [2.45, 2.75) is 11.8 Å². The number of furan rings is 1. The van der Waals surface area contributed by atoms with Crippen LogP contribution in [0.4, 0.5) is 0 Å². The van der Waals surface area contributed by atoms with Crippen LogP contribution in [0, 0.1) is 6.92 Å². The molecule has 0 saturated carbocycles. The largest absolute Gasteiger partial charge is 0.456 e. The van der Waals surface area contributed by atoms with Crippen molar-refractivity contribution in [3.8, 4) is 22.6 Å². The fourth-order valence-electron chi connectivity index (χ4n) is 2.20. The molecule has 0 spiro atoms. The summed E-state index contributed by atoms with van der Waals surface area (Å²) in [6, 6.07) is 20.8. The highest BCUT2D eigenvalue weighted by molar-refractivity contribution is 7.98. The van der Waals surface area contributed by atoms with E-state index in [0.29, 0.717) is 0 Å². The summed E-state index contributed by atoms with van der Waals surface area (Å²) in [6.45, 7) is 2.09. The Morgan fingerprint density at radius 3 is 2.25 bits per heavy atom. The maximum Gasteiger partial charge on any atom is 0.135 e. The highest BCUT2D eigenvalue weighted by atomic mass is 32.2. The van der Waals surface area contributed by atoms with Gasteiger partial charge in [0, 0.05) is 16.0 Å². The van der Waals surface area contributed by atoms with E-state index >= 15 is 0 Å². The van der Waals surface area contributed by atoms with E-state index in [1.54, 1.807) is 11.8 Å². The summed E-state index contributed by atoms with van der Waals surface area (Å²) < 4.78 is 6.02. The van der Waals surface area contributed by atoms with Gasteiger partial charge in [-0.2, -0.15) is 0 Å². The minimum absolute atomic E-state index is 0.913. The molecule has 3 aromatic rings. The Kier molecular flexibility index (Phi) is 3.66. The van der Waals surface area contributed by atoms with Gasteiger partial charge in [-0.15, -0.1) is 11.8 Å². The fourth-order valence-corrected chi connectivity index (χ4v) is 2.81. The molecule has 0 radical (unpaired) electrons. The monoisotopic (exact) mass is 280 g/mol. The standard InChI is InChI=1S/C18H16OS/c1-13-7-9-14(10-8-13)16-11-12-17(19-16)15-5-3-4-6-18(15)20-2/h3-12H,1-2H3. The van der Waals surface area contributed by atoms with Gasteiger partial charge >= 0.3 is 0 Å². The zero-order chi connectivity index (χ0) is 13.9. The van der Waals surface area contributed by atoms with E-state index in [4.69, 9.17) is 4.42 Å². The van der Waals surface area contributed by atoms with Gasteiger partial charge in [0.1, 0.15) is 11.5 Å². The predicted molar refractivity (Wildman–Crippen MR) is 86.1 cm³/mol. The molecule has 1 aromatic heterocycles. The molecule has 0 aliphatic heterocycles. The molecular formula is C18H16OS. The van der Waals surface area contributed by atoms with E-state index in [1.807, 2.05) is 18.2 Å². The summed E-state index contributed by atoms with van der Waals surface area (Å²) in [5, 5.41) is 0. The topological polar surface area (TPSA) is 13.1 Å². The van der Waals surface area contributed by atoms with Gasteiger partial charge in [0.15, 0.2) is 0 Å². The first-order valence-corrected chi connectivity index (χ1v) is 7.80. The second kappa shape index (κ2) is 5.59. The summed E-state index contributed by atoms with van der Waals surface area (Å²) in [7, 11) is 0. The highest BCUT2D eigenvalue weighted by Crippen LogP contribution is 2.33. The zero-order valence-electron chi connectivity index (χ0n) is 11.6. The van der Waals surface area contributed by atoms with Crippen LogP contribution in [-0.4, -0.2) is 6.26 Å². The lowest BCUT2D eigenvalue weighted by Crippen LogP contribution is -1.78. The number of hydrogen-bond acceptors (Lipinski definition) is 2. The summed E-state index contributed by atoms with van der Waals surface area (Å²) in [5.41, 5.74) is 3.52. The molecule has 0 fully saturated rings. The molecule has 0 atom stereocenters. The molecule has 1 nitrogen and oxygen atoms in total. The second-order valence-corrected chi connectivity index (χ2v) is 5.58. The molecule has 3 rings (SSSR count). The first-order valence-electron chi connectivity index (χ1n) is 6.58. The molecule has 20 heavy (non-hydrogen) atoms. The van der Waals surface area contributed by atoms with Crippen molar-refractivity contribution >= 4 is 11.8 Å². The molecule has 100 valence electrons. The first-order chi connectivity index (χ1) is 9.78. The van der Waals surface area contributed by atoms with Crippen LogP contribution in [0.5, 0.6) is 0 Å². The van der Waals surface area contributed by atoms with E-state index < -0.39 is 0 Å². The molecule has 0 amide bonds. The van der Waals surface area contributed by atoms with Crippen LogP contribution in [0.15, 0.2) is 70.0 Å². The minimum Gasteiger partial charge on any atom is -0.456 e. The number of hydrogen-bond donors (Lipinski definition) is 0. The molecule has 1 heterocycles. The van der Waals surface area contributed by atoms with Crippen molar-refractivity contribution in [3.63, 3.8) is 0 Å². The summed E-state index contributed by atoms with van der Waals surface area (Å²) in [6.07, 6.45) is 2.09. The van der Waals surface area contributed by atoms with Crippen LogP contribution in [0.1, 0.15) is 5.56 Å². The number of benzene rings is 2. The van der Waals surface area contributed by atoms with Crippen molar-refractivity contribution in [1.82, 2.24) is 0 Å². The van der Waals surface area contributed by atoms with E-state index in [-0.39, 0.29) is 0 Å². The van der Waals surface area contributed by atoms with Gasteiger partial charge in [0.2, 0.25) is 0 Å². The van der Waals surface area contributed by atoms with Gasteiger partial charge in [-0.3, -0.25) is 0 Å². The van der Waals surface area contributed by atoms with Crippen molar-refractivity contribution in [2.75, 3.05) is 6.26 Å². The molecule has 2 heteroatoms. The van der Waals surface area contributed by atoms with Crippen molar-refractivity contribution in [3.05, 3.63) is 66.2 Å². The normalized spacial score (nSPS) is 10.7. The van der Waals surface area contributed by atoms with Gasteiger partial charge in [0.05, 0.1) is 0 Å². The van der Waals surface area contributed by atoms with Gasteiger partial charge in [-0.1, -0.05) is 48.0 Å². The third-order valence-corrected chi connectivity index (χ3v) is 4.11. The Morgan fingerprint density at radius 1 is 0.800 bits per heavy atom. The van der Waals surface area contributed by atoms with E-state index in [1.165, 1.54) is 10.5 Å². The average molecular weight is 280 g/mol. The molecule has 0 aliphatic carbocycles. The Labute approximate surface area is 123 Å². The smallest absolute Gasteiger partial charge is 0.135 e. The molecule has 0 unspecified atom stereocenters. The number of aryl methyl sites for hydroxylation is 1. The van der Waals surface area contributed by atoms with Crippen LogP contribution in [0.3, 0.4) is 0 Å². The lowest BCUT2D eigenvalue weighted by molar-refractivity contribution is 0.596. The van der Waals surface area contributed by atoms with Crippen LogP contribution in [0.2, 0.25) is 0 Å². The van der Waals surface area contributed by atoms with Crippen LogP contribution < -0.4 is 0 Å². The zero-order valence-corrected chi connectivity index (χ0v) is 12.4. The molecule has 0 saturated heterocycles. The Hall–Kier alpha value is -1.93. The number of thioether (sulfide) groups is 1. The average Bonchev–Trinajstić information content (AvgIpc) is 2.97. The lowest BCUT2D eigenvalue weighted by atomic mass is 10.1. The van der Waals surface area contributed by atoms with Crippen LogP contribution in [0.25, 0.3) is 22.6 Å². The molecule has 0 bridgehead atoms. The molecule has 0 N–H and O–H groups in total. The van der Waals surface area contributed by atoms with Gasteiger partial charge in [-0.25, -0.2) is 0 Å². The maximum absolute atomic E-state index is 6.02. The lowest BCUT2D eigenvalue weighted by Gasteiger charge is -2.04. The molecular weight excluding hydrogens is 264 g/mol. The maximum atomic E-state index is 6.02. The Bertz CT molecular complexity index is 710. The van der Waals surface area contributed by atoms with E-state index in [0.717, 1.165) is 22.6 Å². The van der Waals surface area contributed by atoms with E-state index in [9.17, 15) is 0 Å². The van der Waals surface area contributed by atoms with Crippen LogP contribution >= 0.6 is 11.8 Å². The quantitative estimate of drug-likeness (QED) is 0.576. The van der Waals surface area contributed by atoms with Crippen molar-refractivity contribution < 1.29 is 4.42 Å². The second-order valence-electron chi connectivity index (χ2n) is 4.73. The van der Waals surface area contributed by atoms with E-state index in [2.05, 4.69) is 55.6 Å². The summed E-state index contributed by atoms with van der Waals surface area (Å²) in [4.78, 5) is 1.23. The van der Waals surface area contributed by atoms with Crippen LogP contribution in [-0.2, 0) is 0 Å². The minimum atomic E-state index is 0.913. The number of rotatable bonds is 3. The Balaban J connectivity index is 2.00. The SMILES string of the molecule is CSc1ccccc1-c1ccc(-c2ccc(C)cc2)o1. The predicted octanol–water partition coefficient (Wildman–Crippen LogP) is 5.64. The highest BCUT2D eigenvalue weighted by Gasteiger charge is 2.09. The third kappa shape index (κ3) is 2.52. The Morgan fingerprint density at radius 2 is 1.50 bits per heavy atom. The van der Waals surface area contributed by atoms with Gasteiger partial charge in [-0.05, 0) is 31.4 Å². The third-order valence-electron chi connectivity index (χ3n) is 3.31. The summed E-state index contributed by atoms with van der Waals surface area (Å²) >= 11 is 1.74. The van der Waals surface area contributed by atoms with Gasteiger partial charge < -0.3 is 4.42 Å². The van der Waals surface area contributed by atoms with Crippen molar-refractivity contribution in [2.24, 2.45) is 0 Å². The first kappa shape index (κ1) is 13.1. The molecule has 2 aromatic carbocycles.